The Bertz CT molecular complexity index is 639. The number of phenols is 1. The van der Waals surface area contributed by atoms with Gasteiger partial charge in [-0.3, -0.25) is 10.2 Å². The van der Waals surface area contributed by atoms with Crippen molar-refractivity contribution in [3.05, 3.63) is 50.9 Å². The lowest BCUT2D eigenvalue weighted by atomic mass is 10.2. The number of hydrogen-bond donors (Lipinski definition) is 3. The van der Waals surface area contributed by atoms with Crippen molar-refractivity contribution in [3.8, 4) is 5.75 Å². The fourth-order valence-electron chi connectivity index (χ4n) is 1.24. The van der Waals surface area contributed by atoms with E-state index in [1.165, 1.54) is 12.4 Å². The van der Waals surface area contributed by atoms with Crippen LogP contribution in [0.4, 0.5) is 5.69 Å². The first kappa shape index (κ1) is 12.3. The van der Waals surface area contributed by atoms with E-state index in [-0.39, 0.29) is 11.3 Å². The topological polar surface area (TPSA) is 90.4 Å². The SMILES string of the molecule is O=c1[nH]ncc(N/N=C/c2cccc(O)c2)c1Br. The third-order valence-electron chi connectivity index (χ3n) is 2.06. The molecule has 1 heterocycles. The van der Waals surface area contributed by atoms with Crippen LogP contribution in [-0.4, -0.2) is 21.5 Å². The minimum absolute atomic E-state index is 0.165. The summed E-state index contributed by atoms with van der Waals surface area (Å²) in [5, 5.41) is 19.1. The summed E-state index contributed by atoms with van der Waals surface area (Å²) in [6, 6.07) is 6.63. The standard InChI is InChI=1S/C11H9BrN4O2/c12-10-9(6-14-16-11(10)18)15-13-5-7-2-1-3-8(17)4-7/h1-6,17H,(H2,15,16,18)/b13-5+. The van der Waals surface area contributed by atoms with E-state index in [9.17, 15) is 9.90 Å². The van der Waals surface area contributed by atoms with Crippen LogP contribution < -0.4 is 11.0 Å². The second-order valence-corrected chi connectivity index (χ2v) is 4.18. The van der Waals surface area contributed by atoms with Crippen molar-refractivity contribution < 1.29 is 5.11 Å². The van der Waals surface area contributed by atoms with Gasteiger partial charge in [-0.2, -0.15) is 10.2 Å². The molecule has 0 amide bonds. The fourth-order valence-corrected chi connectivity index (χ4v) is 1.52. The summed E-state index contributed by atoms with van der Waals surface area (Å²) in [5.41, 5.74) is 3.53. The summed E-state index contributed by atoms with van der Waals surface area (Å²) in [7, 11) is 0. The van der Waals surface area contributed by atoms with Crippen LogP contribution in [0.2, 0.25) is 0 Å². The molecule has 0 bridgehead atoms. The Morgan fingerprint density at radius 2 is 2.33 bits per heavy atom. The average molecular weight is 309 g/mol. The van der Waals surface area contributed by atoms with Gasteiger partial charge in [-0.25, -0.2) is 5.10 Å². The molecule has 0 atom stereocenters. The molecule has 0 unspecified atom stereocenters. The summed E-state index contributed by atoms with van der Waals surface area (Å²) in [5.74, 6) is 0.165. The number of aromatic nitrogens is 2. The molecule has 0 spiro atoms. The molecule has 18 heavy (non-hydrogen) atoms. The minimum atomic E-state index is -0.340. The number of nitrogens with one attached hydrogen (secondary N) is 2. The van der Waals surface area contributed by atoms with E-state index in [1.807, 2.05) is 0 Å². The zero-order chi connectivity index (χ0) is 13.0. The Morgan fingerprint density at radius 3 is 3.11 bits per heavy atom. The van der Waals surface area contributed by atoms with Crippen molar-refractivity contribution >= 4 is 27.8 Å². The van der Waals surface area contributed by atoms with Gasteiger partial charge in [-0.15, -0.1) is 0 Å². The van der Waals surface area contributed by atoms with Gasteiger partial charge in [0.25, 0.3) is 5.56 Å². The molecule has 0 aliphatic heterocycles. The molecule has 0 fully saturated rings. The van der Waals surface area contributed by atoms with Crippen LogP contribution in [0.25, 0.3) is 0 Å². The molecular formula is C11H9BrN4O2. The summed E-state index contributed by atoms with van der Waals surface area (Å²) < 4.78 is 0.325. The highest BCUT2D eigenvalue weighted by atomic mass is 79.9. The number of benzene rings is 1. The van der Waals surface area contributed by atoms with Gasteiger partial charge in [0.05, 0.1) is 18.1 Å². The molecule has 0 aliphatic carbocycles. The number of aromatic hydroxyl groups is 1. The summed E-state index contributed by atoms with van der Waals surface area (Å²) in [6.07, 6.45) is 2.96. The van der Waals surface area contributed by atoms with Gasteiger partial charge >= 0.3 is 0 Å². The van der Waals surface area contributed by atoms with Gasteiger partial charge in [0.15, 0.2) is 0 Å². The van der Waals surface area contributed by atoms with E-state index in [0.717, 1.165) is 5.56 Å². The maximum absolute atomic E-state index is 11.2. The van der Waals surface area contributed by atoms with Crippen molar-refractivity contribution in [1.82, 2.24) is 10.2 Å². The number of anilines is 1. The zero-order valence-corrected chi connectivity index (χ0v) is 10.7. The Morgan fingerprint density at radius 1 is 1.50 bits per heavy atom. The van der Waals surface area contributed by atoms with Gasteiger partial charge in [0.2, 0.25) is 0 Å². The van der Waals surface area contributed by atoms with E-state index in [4.69, 9.17) is 0 Å². The summed E-state index contributed by atoms with van der Waals surface area (Å²) >= 11 is 3.12. The molecule has 2 rings (SSSR count). The molecule has 0 aliphatic rings. The third kappa shape index (κ3) is 2.95. The van der Waals surface area contributed by atoms with E-state index in [1.54, 1.807) is 24.3 Å². The molecule has 3 N–H and O–H groups in total. The third-order valence-corrected chi connectivity index (χ3v) is 2.85. The first-order valence-corrected chi connectivity index (χ1v) is 5.77. The monoisotopic (exact) mass is 308 g/mol. The summed E-state index contributed by atoms with van der Waals surface area (Å²) in [4.78, 5) is 11.2. The van der Waals surface area contributed by atoms with Crippen LogP contribution >= 0.6 is 15.9 Å². The molecule has 92 valence electrons. The molecule has 0 saturated carbocycles. The van der Waals surface area contributed by atoms with Crippen molar-refractivity contribution in [2.75, 3.05) is 5.43 Å². The van der Waals surface area contributed by atoms with Crippen LogP contribution in [0, 0.1) is 0 Å². The fraction of sp³-hybridized carbons (Fsp3) is 0. The molecule has 0 saturated heterocycles. The Labute approximate surface area is 110 Å². The second kappa shape index (κ2) is 5.46. The number of rotatable bonds is 3. The van der Waals surface area contributed by atoms with Gasteiger partial charge in [0, 0.05) is 0 Å². The average Bonchev–Trinajstić information content (AvgIpc) is 2.35. The highest BCUT2D eigenvalue weighted by Gasteiger charge is 2.02. The Balaban J connectivity index is 2.12. The Hall–Kier alpha value is -2.15. The van der Waals surface area contributed by atoms with Gasteiger partial charge in [-0.1, -0.05) is 12.1 Å². The minimum Gasteiger partial charge on any atom is -0.508 e. The van der Waals surface area contributed by atoms with E-state index in [2.05, 4.69) is 36.7 Å². The van der Waals surface area contributed by atoms with Crippen molar-refractivity contribution in [3.63, 3.8) is 0 Å². The quantitative estimate of drug-likeness (QED) is 0.594. The molecule has 2 aromatic rings. The van der Waals surface area contributed by atoms with Gasteiger partial charge in [-0.05, 0) is 33.6 Å². The first-order chi connectivity index (χ1) is 8.66. The molecule has 6 nitrogen and oxygen atoms in total. The lowest BCUT2D eigenvalue weighted by molar-refractivity contribution is 0.475. The molecule has 7 heteroatoms. The molecule has 0 radical (unpaired) electrons. The van der Waals surface area contributed by atoms with Crippen molar-refractivity contribution in [2.24, 2.45) is 5.10 Å². The highest BCUT2D eigenvalue weighted by Crippen LogP contribution is 2.15. The molecule has 1 aromatic heterocycles. The number of hydrazone groups is 1. The second-order valence-electron chi connectivity index (χ2n) is 3.39. The van der Waals surface area contributed by atoms with Crippen LogP contribution in [0.1, 0.15) is 5.56 Å². The Kier molecular flexibility index (Phi) is 3.73. The van der Waals surface area contributed by atoms with E-state index >= 15 is 0 Å². The zero-order valence-electron chi connectivity index (χ0n) is 9.09. The van der Waals surface area contributed by atoms with Crippen LogP contribution in [0.5, 0.6) is 5.75 Å². The van der Waals surface area contributed by atoms with E-state index in [0.29, 0.717) is 10.2 Å². The first-order valence-electron chi connectivity index (χ1n) is 4.98. The van der Waals surface area contributed by atoms with Gasteiger partial charge in [0.1, 0.15) is 10.2 Å². The largest absolute Gasteiger partial charge is 0.508 e. The lowest BCUT2D eigenvalue weighted by Gasteiger charge is -2.00. The number of nitrogens with zero attached hydrogens (tertiary/aromatic N) is 2. The number of hydrogen-bond acceptors (Lipinski definition) is 5. The normalized spacial score (nSPS) is 10.7. The number of aromatic amines is 1. The molecular weight excluding hydrogens is 300 g/mol. The predicted octanol–water partition coefficient (Wildman–Crippen LogP) is 1.68. The van der Waals surface area contributed by atoms with Crippen LogP contribution in [0.3, 0.4) is 0 Å². The van der Waals surface area contributed by atoms with Crippen LogP contribution in [0.15, 0.2) is 44.8 Å². The lowest BCUT2D eigenvalue weighted by Crippen LogP contribution is -2.10. The van der Waals surface area contributed by atoms with E-state index < -0.39 is 0 Å². The summed E-state index contributed by atoms with van der Waals surface area (Å²) in [6.45, 7) is 0. The smallest absolute Gasteiger partial charge is 0.280 e. The number of halogens is 1. The number of H-pyrrole nitrogens is 1. The highest BCUT2D eigenvalue weighted by molar-refractivity contribution is 9.10. The van der Waals surface area contributed by atoms with Crippen molar-refractivity contribution in [1.29, 1.82) is 0 Å². The number of phenolic OH excluding ortho intramolecular Hbond substituents is 1. The maximum atomic E-state index is 11.2. The predicted molar refractivity (Wildman–Crippen MR) is 71.9 cm³/mol. The van der Waals surface area contributed by atoms with Gasteiger partial charge < -0.3 is 5.11 Å². The van der Waals surface area contributed by atoms with Crippen molar-refractivity contribution in [2.45, 2.75) is 0 Å². The maximum Gasteiger partial charge on any atom is 0.280 e. The molecule has 1 aromatic carbocycles. The van der Waals surface area contributed by atoms with Crippen LogP contribution in [-0.2, 0) is 0 Å².